The molecular weight excluding hydrogens is 282 g/mol. The van der Waals surface area contributed by atoms with E-state index in [-0.39, 0.29) is 11.9 Å². The fourth-order valence-corrected chi connectivity index (χ4v) is 3.42. The quantitative estimate of drug-likeness (QED) is 0.758. The topological polar surface area (TPSA) is 66.7 Å². The molecular formula is C16H15N3O3. The third-order valence-corrected chi connectivity index (χ3v) is 4.48. The van der Waals surface area contributed by atoms with Gasteiger partial charge in [0.1, 0.15) is 17.4 Å². The molecule has 3 heterocycles. The molecule has 22 heavy (non-hydrogen) atoms. The molecule has 0 radical (unpaired) electrons. The van der Waals surface area contributed by atoms with Gasteiger partial charge in [-0.3, -0.25) is 9.69 Å². The number of amides is 3. The minimum absolute atomic E-state index is 0.213. The van der Waals surface area contributed by atoms with Crippen LogP contribution in [0.25, 0.3) is 0 Å². The first kappa shape index (κ1) is 13.1. The number of carbonyl (C=O) groups is 2. The average molecular weight is 297 g/mol. The molecule has 0 aliphatic carbocycles. The van der Waals surface area contributed by atoms with Crippen molar-refractivity contribution in [3.8, 4) is 0 Å². The van der Waals surface area contributed by atoms with E-state index in [1.54, 1.807) is 18.7 Å². The van der Waals surface area contributed by atoms with Crippen molar-refractivity contribution in [2.75, 3.05) is 9.80 Å². The molecule has 112 valence electrons. The van der Waals surface area contributed by atoms with Crippen LogP contribution in [0.2, 0.25) is 0 Å². The van der Waals surface area contributed by atoms with Crippen LogP contribution in [-0.4, -0.2) is 23.1 Å². The number of imide groups is 1. The van der Waals surface area contributed by atoms with E-state index in [0.29, 0.717) is 23.6 Å². The Balaban J connectivity index is 1.84. The minimum Gasteiger partial charge on any atom is -0.359 e. The zero-order chi connectivity index (χ0) is 15.6. The van der Waals surface area contributed by atoms with Crippen molar-refractivity contribution in [1.82, 2.24) is 5.16 Å². The van der Waals surface area contributed by atoms with E-state index < -0.39 is 6.04 Å². The van der Waals surface area contributed by atoms with Gasteiger partial charge in [0.15, 0.2) is 5.76 Å². The maximum absolute atomic E-state index is 12.8. The van der Waals surface area contributed by atoms with Crippen LogP contribution in [0.1, 0.15) is 22.6 Å². The molecule has 1 aromatic heterocycles. The van der Waals surface area contributed by atoms with Crippen molar-refractivity contribution >= 4 is 23.3 Å². The number of aryl methyl sites for hydroxylation is 3. The molecule has 1 saturated heterocycles. The summed E-state index contributed by atoms with van der Waals surface area (Å²) in [6.45, 7) is 5.44. The van der Waals surface area contributed by atoms with Crippen molar-refractivity contribution in [3.63, 3.8) is 0 Å². The monoisotopic (exact) mass is 297 g/mol. The predicted octanol–water partition coefficient (Wildman–Crippen LogP) is 2.50. The summed E-state index contributed by atoms with van der Waals surface area (Å²) in [5.74, 6) is 0.264. The fraction of sp³-hybridized carbons (Fsp3) is 0.312. The predicted molar refractivity (Wildman–Crippen MR) is 80.0 cm³/mol. The largest absolute Gasteiger partial charge is 0.359 e. The van der Waals surface area contributed by atoms with Crippen molar-refractivity contribution in [2.45, 2.75) is 33.2 Å². The van der Waals surface area contributed by atoms with E-state index in [9.17, 15) is 9.59 Å². The lowest BCUT2D eigenvalue weighted by atomic mass is 10.0. The summed E-state index contributed by atoms with van der Waals surface area (Å²) >= 11 is 0. The Morgan fingerprint density at radius 1 is 1.23 bits per heavy atom. The Bertz CT molecular complexity index is 805. The molecule has 2 aromatic rings. The van der Waals surface area contributed by atoms with Gasteiger partial charge in [-0.15, -0.1) is 0 Å². The number of hydrogen-bond acceptors (Lipinski definition) is 4. The van der Waals surface area contributed by atoms with Crippen LogP contribution >= 0.6 is 0 Å². The SMILES string of the molecule is Cc1cccc2c1CC1C(=O)N(c3c(C)noc3C)C(=O)N21. The molecule has 2 aliphatic heterocycles. The molecule has 6 nitrogen and oxygen atoms in total. The maximum atomic E-state index is 12.8. The number of nitrogens with zero attached hydrogens (tertiary/aromatic N) is 3. The molecule has 1 unspecified atom stereocenters. The van der Waals surface area contributed by atoms with Crippen LogP contribution in [-0.2, 0) is 11.2 Å². The van der Waals surface area contributed by atoms with Gasteiger partial charge in [-0.25, -0.2) is 9.69 Å². The van der Waals surface area contributed by atoms with Gasteiger partial charge in [-0.05, 0) is 38.0 Å². The van der Waals surface area contributed by atoms with Crippen LogP contribution in [0, 0.1) is 20.8 Å². The lowest BCUT2D eigenvalue weighted by Crippen LogP contribution is -2.33. The molecule has 1 fully saturated rings. The Morgan fingerprint density at radius 2 is 2.00 bits per heavy atom. The summed E-state index contributed by atoms with van der Waals surface area (Å²) in [5, 5.41) is 3.84. The van der Waals surface area contributed by atoms with Crippen LogP contribution in [0.5, 0.6) is 0 Å². The first-order valence-corrected chi connectivity index (χ1v) is 7.19. The number of urea groups is 1. The number of anilines is 2. The molecule has 2 aliphatic rings. The molecule has 0 saturated carbocycles. The molecule has 1 atom stereocenters. The zero-order valence-electron chi connectivity index (χ0n) is 12.6. The molecule has 6 heteroatoms. The van der Waals surface area contributed by atoms with Crippen molar-refractivity contribution < 1.29 is 14.1 Å². The summed E-state index contributed by atoms with van der Waals surface area (Å²) < 4.78 is 5.10. The van der Waals surface area contributed by atoms with E-state index in [2.05, 4.69) is 5.16 Å². The van der Waals surface area contributed by atoms with Gasteiger partial charge in [0.05, 0.1) is 0 Å². The van der Waals surface area contributed by atoms with Gasteiger partial charge in [0, 0.05) is 12.1 Å². The first-order chi connectivity index (χ1) is 10.5. The highest BCUT2D eigenvalue weighted by atomic mass is 16.5. The Labute approximate surface area is 127 Å². The molecule has 4 rings (SSSR count). The van der Waals surface area contributed by atoms with Crippen LogP contribution in [0.4, 0.5) is 16.2 Å². The number of rotatable bonds is 1. The molecule has 1 aromatic carbocycles. The molecule has 3 amide bonds. The maximum Gasteiger partial charge on any atom is 0.336 e. The summed E-state index contributed by atoms with van der Waals surface area (Å²) in [4.78, 5) is 28.4. The second-order valence-corrected chi connectivity index (χ2v) is 5.79. The van der Waals surface area contributed by atoms with Gasteiger partial charge >= 0.3 is 6.03 Å². The second kappa shape index (κ2) is 4.19. The second-order valence-electron chi connectivity index (χ2n) is 5.79. The van der Waals surface area contributed by atoms with Crippen molar-refractivity contribution in [2.24, 2.45) is 0 Å². The average Bonchev–Trinajstić information content (AvgIpc) is 3.09. The van der Waals surface area contributed by atoms with Gasteiger partial charge in [-0.1, -0.05) is 17.3 Å². The summed E-state index contributed by atoms with van der Waals surface area (Å²) in [6, 6.07) is 5.02. The van der Waals surface area contributed by atoms with E-state index >= 15 is 0 Å². The minimum atomic E-state index is -0.461. The van der Waals surface area contributed by atoms with Crippen molar-refractivity contribution in [1.29, 1.82) is 0 Å². The smallest absolute Gasteiger partial charge is 0.336 e. The highest BCUT2D eigenvalue weighted by Gasteiger charge is 2.52. The van der Waals surface area contributed by atoms with E-state index in [0.717, 1.165) is 16.8 Å². The molecule has 0 N–H and O–H groups in total. The highest BCUT2D eigenvalue weighted by molar-refractivity contribution is 6.30. The number of fused-ring (bicyclic) bond motifs is 3. The Hall–Kier alpha value is -2.63. The lowest BCUT2D eigenvalue weighted by molar-refractivity contribution is -0.117. The van der Waals surface area contributed by atoms with E-state index in [1.807, 2.05) is 25.1 Å². The third kappa shape index (κ3) is 1.46. The van der Waals surface area contributed by atoms with E-state index in [1.165, 1.54) is 4.90 Å². The summed E-state index contributed by atoms with van der Waals surface area (Å²) in [6.07, 6.45) is 0.562. The number of carbonyl (C=O) groups excluding carboxylic acids is 2. The van der Waals surface area contributed by atoms with Gasteiger partial charge in [0.25, 0.3) is 5.91 Å². The Kier molecular flexibility index (Phi) is 2.49. The van der Waals surface area contributed by atoms with Crippen LogP contribution in [0.3, 0.4) is 0 Å². The van der Waals surface area contributed by atoms with Gasteiger partial charge < -0.3 is 4.52 Å². The van der Waals surface area contributed by atoms with Crippen LogP contribution < -0.4 is 9.80 Å². The summed E-state index contributed by atoms with van der Waals surface area (Å²) in [7, 11) is 0. The molecule has 0 spiro atoms. The normalized spacial score (nSPS) is 19.9. The highest BCUT2D eigenvalue weighted by Crippen LogP contribution is 2.41. The zero-order valence-corrected chi connectivity index (χ0v) is 12.6. The summed E-state index contributed by atoms with van der Waals surface area (Å²) in [5.41, 5.74) is 4.03. The first-order valence-electron chi connectivity index (χ1n) is 7.19. The number of aromatic nitrogens is 1. The third-order valence-electron chi connectivity index (χ3n) is 4.48. The van der Waals surface area contributed by atoms with Gasteiger partial charge in [-0.2, -0.15) is 0 Å². The standard InChI is InChI=1S/C16H15N3O3/c1-8-5-4-6-12-11(8)7-13-15(20)19(16(21)18(12)13)14-9(2)17-22-10(14)3/h4-6,13H,7H2,1-3H3. The van der Waals surface area contributed by atoms with Crippen molar-refractivity contribution in [3.05, 3.63) is 40.8 Å². The number of benzene rings is 1. The molecule has 0 bridgehead atoms. The number of hydrogen-bond donors (Lipinski definition) is 0. The van der Waals surface area contributed by atoms with E-state index in [4.69, 9.17) is 4.52 Å². The van der Waals surface area contributed by atoms with Gasteiger partial charge in [0.2, 0.25) is 0 Å². The van der Waals surface area contributed by atoms with Crippen LogP contribution in [0.15, 0.2) is 22.7 Å². The lowest BCUT2D eigenvalue weighted by Gasteiger charge is -2.17. The fourth-order valence-electron chi connectivity index (χ4n) is 3.42. The Morgan fingerprint density at radius 3 is 2.68 bits per heavy atom.